The topological polar surface area (TPSA) is 58.5 Å². The highest BCUT2D eigenvalue weighted by molar-refractivity contribution is 7.09. The molecule has 2 N–H and O–H groups in total. The molecule has 0 aliphatic heterocycles. The van der Waals surface area contributed by atoms with Crippen molar-refractivity contribution in [3.63, 3.8) is 0 Å². The molecule has 0 fully saturated rings. The number of ether oxygens (including phenoxy) is 1. The van der Waals surface area contributed by atoms with Crippen molar-refractivity contribution in [2.75, 3.05) is 20.7 Å². The third kappa shape index (κ3) is 5.53. The molecule has 0 aliphatic rings. The van der Waals surface area contributed by atoms with Gasteiger partial charge in [0.05, 0.1) is 24.4 Å². The summed E-state index contributed by atoms with van der Waals surface area (Å²) >= 11 is 1.71. The van der Waals surface area contributed by atoms with Gasteiger partial charge in [-0.2, -0.15) is 0 Å². The highest BCUT2D eigenvalue weighted by atomic mass is 32.1. The molecule has 6 heteroatoms. The van der Waals surface area contributed by atoms with Crippen molar-refractivity contribution in [1.29, 1.82) is 0 Å². The Morgan fingerprint density at radius 1 is 1.25 bits per heavy atom. The minimum absolute atomic E-state index is 0.477. The van der Waals surface area contributed by atoms with Crippen LogP contribution in [0.25, 0.3) is 0 Å². The van der Waals surface area contributed by atoms with Crippen LogP contribution in [-0.4, -0.2) is 31.6 Å². The molecule has 1 heterocycles. The van der Waals surface area contributed by atoms with E-state index >= 15 is 0 Å². The van der Waals surface area contributed by atoms with Gasteiger partial charge in [-0.25, -0.2) is 4.98 Å². The molecule has 0 aliphatic carbocycles. The lowest BCUT2D eigenvalue weighted by atomic mass is 10.1. The van der Waals surface area contributed by atoms with Gasteiger partial charge in [0, 0.05) is 24.9 Å². The molecule has 0 saturated carbocycles. The molecular weight excluding hydrogens is 320 g/mol. The number of guanidine groups is 1. The molecule has 2 rings (SSSR count). The maximum Gasteiger partial charge on any atom is 0.191 e. The third-order valence-electron chi connectivity index (χ3n) is 3.59. The summed E-state index contributed by atoms with van der Waals surface area (Å²) < 4.78 is 5.17. The van der Waals surface area contributed by atoms with Crippen LogP contribution in [0.3, 0.4) is 0 Å². The van der Waals surface area contributed by atoms with Gasteiger partial charge in [-0.3, -0.25) is 4.99 Å². The summed E-state index contributed by atoms with van der Waals surface area (Å²) in [5.41, 5.74) is 2.32. The second kappa shape index (κ2) is 9.27. The molecule has 0 atom stereocenters. The Bertz CT molecular complexity index is 649. The van der Waals surface area contributed by atoms with Crippen molar-refractivity contribution in [1.82, 2.24) is 15.6 Å². The van der Waals surface area contributed by atoms with Crippen molar-refractivity contribution in [2.45, 2.75) is 32.7 Å². The molecule has 2 aromatic rings. The highest BCUT2D eigenvalue weighted by Crippen LogP contribution is 2.18. The van der Waals surface area contributed by atoms with Crippen molar-refractivity contribution < 1.29 is 4.74 Å². The second-order valence-electron chi connectivity index (χ2n) is 5.78. The molecule has 24 heavy (non-hydrogen) atoms. The summed E-state index contributed by atoms with van der Waals surface area (Å²) in [6.45, 7) is 5.83. The predicted molar refractivity (Wildman–Crippen MR) is 101 cm³/mol. The van der Waals surface area contributed by atoms with Crippen molar-refractivity contribution >= 4 is 17.3 Å². The Labute approximate surface area is 148 Å². The van der Waals surface area contributed by atoms with Crippen LogP contribution < -0.4 is 15.4 Å². The van der Waals surface area contributed by atoms with Gasteiger partial charge >= 0.3 is 0 Å². The molecule has 1 aromatic carbocycles. The molecule has 0 amide bonds. The fraction of sp³-hybridized carbons (Fsp3) is 0.444. The Morgan fingerprint density at radius 2 is 2.00 bits per heavy atom. The van der Waals surface area contributed by atoms with E-state index in [0.717, 1.165) is 30.4 Å². The minimum Gasteiger partial charge on any atom is -0.497 e. The molecular formula is C18H26N4OS. The molecule has 130 valence electrons. The van der Waals surface area contributed by atoms with E-state index in [1.54, 1.807) is 25.5 Å². The van der Waals surface area contributed by atoms with E-state index in [4.69, 9.17) is 4.74 Å². The molecule has 1 aromatic heterocycles. The molecule has 0 radical (unpaired) electrons. The van der Waals surface area contributed by atoms with Gasteiger partial charge in [-0.05, 0) is 24.1 Å². The van der Waals surface area contributed by atoms with Gasteiger partial charge in [-0.1, -0.05) is 26.0 Å². The average molecular weight is 347 g/mol. The Hall–Kier alpha value is -2.08. The fourth-order valence-electron chi connectivity index (χ4n) is 2.18. The zero-order chi connectivity index (χ0) is 17.4. The number of hydrogen-bond donors (Lipinski definition) is 2. The van der Waals surface area contributed by atoms with Crippen LogP contribution in [0.1, 0.15) is 36.0 Å². The molecule has 0 bridgehead atoms. The standard InChI is InChI=1S/C18H26N4OS/c1-13(2)17-22-15(12-24-17)11-21-18(19-3)20-10-9-14-5-7-16(23-4)8-6-14/h5-8,12-13H,9-11H2,1-4H3,(H2,19,20,21). The Morgan fingerprint density at radius 3 is 2.58 bits per heavy atom. The van der Waals surface area contributed by atoms with E-state index in [2.05, 4.69) is 52.0 Å². The van der Waals surface area contributed by atoms with Gasteiger partial charge in [0.15, 0.2) is 5.96 Å². The molecule has 0 saturated heterocycles. The third-order valence-corrected chi connectivity index (χ3v) is 4.78. The minimum atomic E-state index is 0.477. The van der Waals surface area contributed by atoms with E-state index < -0.39 is 0 Å². The number of hydrogen-bond acceptors (Lipinski definition) is 4. The number of aromatic nitrogens is 1. The monoisotopic (exact) mass is 346 g/mol. The van der Waals surface area contributed by atoms with Crippen LogP contribution in [0, 0.1) is 0 Å². The van der Waals surface area contributed by atoms with E-state index in [9.17, 15) is 0 Å². The lowest BCUT2D eigenvalue weighted by molar-refractivity contribution is 0.414. The number of nitrogens with one attached hydrogen (secondary N) is 2. The van der Waals surface area contributed by atoms with Gasteiger partial charge < -0.3 is 15.4 Å². The van der Waals surface area contributed by atoms with E-state index in [1.807, 2.05) is 12.1 Å². The van der Waals surface area contributed by atoms with Crippen LogP contribution in [-0.2, 0) is 13.0 Å². The van der Waals surface area contributed by atoms with Crippen molar-refractivity contribution in [2.24, 2.45) is 4.99 Å². The van der Waals surface area contributed by atoms with Crippen molar-refractivity contribution in [3.8, 4) is 5.75 Å². The van der Waals surface area contributed by atoms with Gasteiger partial charge in [0.1, 0.15) is 5.75 Å². The van der Waals surface area contributed by atoms with Crippen molar-refractivity contribution in [3.05, 3.63) is 45.9 Å². The van der Waals surface area contributed by atoms with Crippen LogP contribution in [0.4, 0.5) is 0 Å². The van der Waals surface area contributed by atoms with Crippen LogP contribution in [0.15, 0.2) is 34.6 Å². The second-order valence-corrected chi connectivity index (χ2v) is 6.67. The number of thiazole rings is 1. The number of nitrogens with zero attached hydrogens (tertiary/aromatic N) is 2. The highest BCUT2D eigenvalue weighted by Gasteiger charge is 2.06. The average Bonchev–Trinajstić information content (AvgIpc) is 3.08. The van der Waals surface area contributed by atoms with Gasteiger partial charge in [-0.15, -0.1) is 11.3 Å². The smallest absolute Gasteiger partial charge is 0.191 e. The summed E-state index contributed by atoms with van der Waals surface area (Å²) in [4.78, 5) is 8.88. The fourth-order valence-corrected chi connectivity index (χ4v) is 3.02. The van der Waals surface area contributed by atoms with Crippen LogP contribution in [0.2, 0.25) is 0 Å². The first-order valence-electron chi connectivity index (χ1n) is 8.14. The number of methoxy groups -OCH3 is 1. The first-order chi connectivity index (χ1) is 11.6. The normalized spacial score (nSPS) is 11.6. The number of benzene rings is 1. The lowest BCUT2D eigenvalue weighted by Crippen LogP contribution is -2.37. The number of aliphatic imine (C=N–C) groups is 1. The van der Waals surface area contributed by atoms with E-state index in [0.29, 0.717) is 12.5 Å². The zero-order valence-corrected chi connectivity index (χ0v) is 15.6. The Kier molecular flexibility index (Phi) is 7.06. The largest absolute Gasteiger partial charge is 0.497 e. The first-order valence-corrected chi connectivity index (χ1v) is 9.02. The maximum atomic E-state index is 5.17. The Balaban J connectivity index is 1.75. The molecule has 5 nitrogen and oxygen atoms in total. The molecule has 0 unspecified atom stereocenters. The van der Waals surface area contributed by atoms with Gasteiger partial charge in [0.2, 0.25) is 0 Å². The quantitative estimate of drug-likeness (QED) is 0.597. The summed E-state index contributed by atoms with van der Waals surface area (Å²) in [6.07, 6.45) is 0.929. The lowest BCUT2D eigenvalue weighted by Gasteiger charge is -2.11. The summed E-state index contributed by atoms with van der Waals surface area (Å²) in [5.74, 6) is 2.15. The summed E-state index contributed by atoms with van der Waals surface area (Å²) in [7, 11) is 3.46. The van der Waals surface area contributed by atoms with Gasteiger partial charge in [0.25, 0.3) is 0 Å². The summed E-state index contributed by atoms with van der Waals surface area (Å²) in [5, 5.41) is 9.91. The molecule has 0 spiro atoms. The predicted octanol–water partition coefficient (Wildman–Crippen LogP) is 3.18. The van der Waals surface area contributed by atoms with Crippen LogP contribution in [0.5, 0.6) is 5.75 Å². The zero-order valence-electron chi connectivity index (χ0n) is 14.8. The maximum absolute atomic E-state index is 5.17. The summed E-state index contributed by atoms with van der Waals surface area (Å²) in [6, 6.07) is 8.13. The van der Waals surface area contributed by atoms with E-state index in [1.165, 1.54) is 10.6 Å². The first kappa shape index (κ1) is 18.3. The van der Waals surface area contributed by atoms with Crippen LogP contribution >= 0.6 is 11.3 Å². The SMILES string of the molecule is CN=C(NCCc1ccc(OC)cc1)NCc1csc(C(C)C)n1. The van der Waals surface area contributed by atoms with E-state index in [-0.39, 0.29) is 0 Å². The number of rotatable bonds is 7.